The normalized spacial score (nSPS) is 12.3. The fourth-order valence-corrected chi connectivity index (χ4v) is 2.38. The predicted molar refractivity (Wildman–Crippen MR) is 82.7 cm³/mol. The zero-order chi connectivity index (χ0) is 16.7. The van der Waals surface area contributed by atoms with Crippen molar-refractivity contribution in [3.63, 3.8) is 0 Å². The van der Waals surface area contributed by atoms with Crippen molar-refractivity contribution < 1.29 is 24.9 Å². The van der Waals surface area contributed by atoms with Crippen LogP contribution in [0.3, 0.4) is 0 Å². The Morgan fingerprint density at radius 3 is 1.73 bits per heavy atom. The second kappa shape index (κ2) is 8.23. The van der Waals surface area contributed by atoms with Gasteiger partial charge in [-0.15, -0.1) is 0 Å². The summed E-state index contributed by atoms with van der Waals surface area (Å²) >= 11 is 0. The Morgan fingerprint density at radius 1 is 0.864 bits per heavy atom. The second-order valence-corrected chi connectivity index (χ2v) is 4.19. The van der Waals surface area contributed by atoms with E-state index in [-0.39, 0.29) is 25.0 Å². The van der Waals surface area contributed by atoms with Crippen molar-refractivity contribution in [1.29, 1.82) is 0 Å². The summed E-state index contributed by atoms with van der Waals surface area (Å²) in [6, 6.07) is 10.8. The van der Waals surface area contributed by atoms with E-state index in [0.717, 1.165) is 24.5 Å². The molecule has 3 rings (SSSR count). The third-order valence-electron chi connectivity index (χ3n) is 3.18. The monoisotopic (exact) mass is 305 g/mol. The van der Waals surface area contributed by atoms with Crippen molar-refractivity contribution in [3.8, 4) is 0 Å². The van der Waals surface area contributed by atoms with Crippen LogP contribution in [0.5, 0.6) is 0 Å². The summed E-state index contributed by atoms with van der Waals surface area (Å²) in [5.41, 5.74) is 1.05. The molecule has 2 amide bonds. The van der Waals surface area contributed by atoms with Crippen LogP contribution >= 0.6 is 0 Å². The lowest BCUT2D eigenvalue weighted by atomic mass is 9.94. The molecule has 1 aliphatic rings. The molecule has 0 aromatic heterocycles. The van der Waals surface area contributed by atoms with Crippen molar-refractivity contribution in [1.82, 2.24) is 4.90 Å². The smallest absolute Gasteiger partial charge is 0.261 e. The van der Waals surface area contributed by atoms with Crippen LogP contribution in [0.1, 0.15) is 20.7 Å². The van der Waals surface area contributed by atoms with Crippen LogP contribution in [0.4, 0.5) is 0 Å². The van der Waals surface area contributed by atoms with E-state index in [1.165, 1.54) is 0 Å². The summed E-state index contributed by atoms with van der Waals surface area (Å²) in [5.74, 6) is -0.670. The van der Waals surface area contributed by atoms with Gasteiger partial charge < -0.3 is 15.3 Å². The maximum atomic E-state index is 12.2. The first-order valence-corrected chi connectivity index (χ1v) is 6.62. The average molecular weight is 305 g/mol. The SMILES string of the molecule is CO.CO.O=C1c2cccc3cccc(c23)C(=O)N1CCO. The van der Waals surface area contributed by atoms with Crippen LogP contribution in [0, 0.1) is 0 Å². The average Bonchev–Trinajstić information content (AvgIpc) is 2.60. The lowest BCUT2D eigenvalue weighted by molar-refractivity contribution is 0.0580. The fraction of sp³-hybridized carbons (Fsp3) is 0.250. The van der Waals surface area contributed by atoms with Gasteiger partial charge in [0.2, 0.25) is 0 Å². The van der Waals surface area contributed by atoms with E-state index in [1.54, 1.807) is 24.3 Å². The Morgan fingerprint density at radius 2 is 1.32 bits per heavy atom. The van der Waals surface area contributed by atoms with Crippen molar-refractivity contribution in [2.75, 3.05) is 27.4 Å². The molecule has 0 spiro atoms. The third kappa shape index (κ3) is 2.99. The molecule has 0 saturated heterocycles. The van der Waals surface area contributed by atoms with E-state index in [0.29, 0.717) is 16.5 Å². The minimum Gasteiger partial charge on any atom is -0.400 e. The van der Waals surface area contributed by atoms with Crippen molar-refractivity contribution in [2.24, 2.45) is 0 Å². The molecular formula is C16H19NO5. The summed E-state index contributed by atoms with van der Waals surface area (Å²) < 4.78 is 0. The largest absolute Gasteiger partial charge is 0.400 e. The molecule has 6 nitrogen and oxygen atoms in total. The van der Waals surface area contributed by atoms with Gasteiger partial charge in [0.1, 0.15) is 0 Å². The minimum atomic E-state index is -0.335. The minimum absolute atomic E-state index is 0.0301. The molecule has 0 bridgehead atoms. The summed E-state index contributed by atoms with van der Waals surface area (Å²) in [5, 5.41) is 24.5. The lowest BCUT2D eigenvalue weighted by Gasteiger charge is -2.26. The molecule has 0 saturated carbocycles. The number of β-amino-alcohol motifs (C(OH)–C–C–N with tert-alkyl or cyclic N) is 1. The van der Waals surface area contributed by atoms with Gasteiger partial charge in [-0.05, 0) is 17.5 Å². The molecule has 1 aliphatic heterocycles. The maximum Gasteiger partial charge on any atom is 0.261 e. The van der Waals surface area contributed by atoms with Gasteiger partial charge in [-0.3, -0.25) is 14.5 Å². The maximum absolute atomic E-state index is 12.2. The van der Waals surface area contributed by atoms with Gasteiger partial charge >= 0.3 is 0 Å². The van der Waals surface area contributed by atoms with E-state index >= 15 is 0 Å². The highest BCUT2D eigenvalue weighted by Crippen LogP contribution is 2.29. The van der Waals surface area contributed by atoms with Gasteiger partial charge in [0.15, 0.2) is 0 Å². The number of aliphatic hydroxyl groups is 3. The number of imide groups is 1. The molecule has 22 heavy (non-hydrogen) atoms. The molecule has 0 fully saturated rings. The number of rotatable bonds is 2. The Bertz CT molecular complexity index is 618. The number of amides is 2. The van der Waals surface area contributed by atoms with Crippen molar-refractivity contribution in [3.05, 3.63) is 47.5 Å². The van der Waals surface area contributed by atoms with E-state index in [2.05, 4.69) is 0 Å². The highest BCUT2D eigenvalue weighted by atomic mass is 16.3. The molecule has 1 heterocycles. The highest BCUT2D eigenvalue weighted by Gasteiger charge is 2.31. The summed E-state index contributed by atoms with van der Waals surface area (Å²) in [6.45, 7) is -0.196. The number of nitrogens with zero attached hydrogens (tertiary/aromatic N) is 1. The first-order valence-electron chi connectivity index (χ1n) is 6.62. The van der Waals surface area contributed by atoms with Crippen LogP contribution in [-0.2, 0) is 0 Å². The molecule has 0 radical (unpaired) electrons. The number of benzene rings is 2. The summed E-state index contributed by atoms with van der Waals surface area (Å²) in [7, 11) is 2.00. The summed E-state index contributed by atoms with van der Waals surface area (Å²) in [6.07, 6.45) is 0. The number of hydrogen-bond donors (Lipinski definition) is 3. The number of hydrogen-bond acceptors (Lipinski definition) is 5. The molecular weight excluding hydrogens is 286 g/mol. The zero-order valence-corrected chi connectivity index (χ0v) is 12.5. The topological polar surface area (TPSA) is 98.1 Å². The number of carbonyl (C=O) groups is 2. The molecule has 0 unspecified atom stereocenters. The van der Waals surface area contributed by atoms with Gasteiger partial charge in [0.25, 0.3) is 11.8 Å². The van der Waals surface area contributed by atoms with Gasteiger partial charge in [-0.25, -0.2) is 0 Å². The van der Waals surface area contributed by atoms with E-state index in [9.17, 15) is 9.59 Å². The van der Waals surface area contributed by atoms with Crippen LogP contribution in [0.15, 0.2) is 36.4 Å². The molecule has 2 aromatic rings. The zero-order valence-electron chi connectivity index (χ0n) is 12.5. The Hall–Kier alpha value is -2.28. The van der Waals surface area contributed by atoms with Gasteiger partial charge in [-0.2, -0.15) is 0 Å². The molecule has 6 heteroatoms. The van der Waals surface area contributed by atoms with Crippen LogP contribution in [0.25, 0.3) is 10.8 Å². The molecule has 118 valence electrons. The Kier molecular flexibility index (Phi) is 6.65. The molecule has 3 N–H and O–H groups in total. The lowest BCUT2D eigenvalue weighted by Crippen LogP contribution is -2.41. The first-order chi connectivity index (χ1) is 10.7. The van der Waals surface area contributed by atoms with E-state index < -0.39 is 0 Å². The standard InChI is InChI=1S/C14H11NO3.2CH4O/c16-8-7-15-13(17)10-5-1-3-9-4-2-6-11(12(9)10)14(15)18;2*1-2/h1-6,16H,7-8H2;2*2H,1H3. The fourth-order valence-electron chi connectivity index (χ4n) is 2.38. The third-order valence-corrected chi connectivity index (χ3v) is 3.18. The van der Waals surface area contributed by atoms with Crippen LogP contribution in [-0.4, -0.2) is 59.4 Å². The Labute approximate surface area is 128 Å². The van der Waals surface area contributed by atoms with Crippen molar-refractivity contribution in [2.45, 2.75) is 0 Å². The van der Waals surface area contributed by atoms with E-state index in [1.807, 2.05) is 12.1 Å². The first kappa shape index (κ1) is 17.8. The molecule has 2 aromatic carbocycles. The van der Waals surface area contributed by atoms with Crippen molar-refractivity contribution >= 4 is 22.6 Å². The second-order valence-electron chi connectivity index (χ2n) is 4.19. The highest BCUT2D eigenvalue weighted by molar-refractivity contribution is 6.25. The van der Waals surface area contributed by atoms with Gasteiger partial charge in [0, 0.05) is 30.7 Å². The predicted octanol–water partition coefficient (Wildman–Crippen LogP) is 0.645. The number of aliphatic hydroxyl groups excluding tert-OH is 3. The van der Waals surface area contributed by atoms with Crippen LogP contribution in [0.2, 0.25) is 0 Å². The quantitative estimate of drug-likeness (QED) is 0.708. The summed E-state index contributed by atoms with van der Waals surface area (Å²) in [4.78, 5) is 25.5. The van der Waals surface area contributed by atoms with Gasteiger partial charge in [0.05, 0.1) is 13.2 Å². The molecule has 0 aliphatic carbocycles. The van der Waals surface area contributed by atoms with Crippen LogP contribution < -0.4 is 0 Å². The Balaban J connectivity index is 0.000000561. The van der Waals surface area contributed by atoms with E-state index in [4.69, 9.17) is 15.3 Å². The molecule has 0 atom stereocenters. The number of carbonyl (C=O) groups excluding carboxylic acids is 2. The van der Waals surface area contributed by atoms with Gasteiger partial charge in [-0.1, -0.05) is 24.3 Å².